The molecule has 1 N–H and O–H groups in total. The third-order valence-electron chi connectivity index (χ3n) is 2.92. The van der Waals surface area contributed by atoms with Crippen molar-refractivity contribution in [2.45, 2.75) is 24.4 Å². The minimum absolute atomic E-state index is 0.330. The molecule has 0 bridgehead atoms. The van der Waals surface area contributed by atoms with Crippen LogP contribution in [0, 0.1) is 0 Å². The molecule has 1 aromatic carbocycles. The van der Waals surface area contributed by atoms with E-state index in [1.165, 1.54) is 0 Å². The Bertz CT molecular complexity index is 607. The summed E-state index contributed by atoms with van der Waals surface area (Å²) in [7, 11) is 0.563. The molecule has 0 fully saturated rings. The lowest BCUT2D eigenvalue weighted by Gasteiger charge is -2.26. The van der Waals surface area contributed by atoms with Gasteiger partial charge >= 0.3 is 18.3 Å². The van der Waals surface area contributed by atoms with Crippen molar-refractivity contribution in [2.24, 2.45) is 0 Å². The molecule has 4 nitrogen and oxygen atoms in total. The lowest BCUT2D eigenvalue weighted by molar-refractivity contribution is -0.260. The minimum atomic E-state index is -5.54. The van der Waals surface area contributed by atoms with Gasteiger partial charge in [0.1, 0.15) is 0 Å². The van der Waals surface area contributed by atoms with Crippen LogP contribution in [-0.2, 0) is 15.7 Å². The van der Waals surface area contributed by atoms with E-state index in [9.17, 15) is 41.0 Å². The normalized spacial score (nSPS) is 15.0. The van der Waals surface area contributed by atoms with Crippen LogP contribution in [0.15, 0.2) is 24.3 Å². The third kappa shape index (κ3) is 4.01. The van der Waals surface area contributed by atoms with Gasteiger partial charge in [-0.15, -0.1) is 0 Å². The number of esters is 1. The summed E-state index contributed by atoms with van der Waals surface area (Å²) in [5.74, 6) is -3.63. The average molecular weight is 344 g/mol. The molecule has 0 radical (unpaired) electrons. The predicted molar refractivity (Wildman–Crippen MR) is 63.4 cm³/mol. The number of hydrogen-bond donors (Lipinski definition) is 1. The van der Waals surface area contributed by atoms with Crippen LogP contribution >= 0.6 is 0 Å². The average Bonchev–Trinajstić information content (AvgIpc) is 2.44. The number of carbonyl (C=O) groups excluding carboxylic acids is 2. The first-order valence-corrected chi connectivity index (χ1v) is 5.91. The highest BCUT2D eigenvalue weighted by Crippen LogP contribution is 2.36. The van der Waals surface area contributed by atoms with Gasteiger partial charge in [-0.25, -0.2) is 4.79 Å². The van der Waals surface area contributed by atoms with Crippen molar-refractivity contribution in [3.63, 3.8) is 0 Å². The number of alkyl halides is 6. The zero-order valence-electron chi connectivity index (χ0n) is 11.5. The molecule has 1 atom stereocenters. The number of Topliss-reactive ketones (excluding diaryl/α,β-unsaturated/α-hetero) is 1. The van der Waals surface area contributed by atoms with Crippen molar-refractivity contribution in [2.75, 3.05) is 7.11 Å². The van der Waals surface area contributed by atoms with Gasteiger partial charge in [-0.2, -0.15) is 26.3 Å². The zero-order valence-corrected chi connectivity index (χ0v) is 11.5. The molecule has 128 valence electrons. The number of methoxy groups -OCH3 is 1. The van der Waals surface area contributed by atoms with E-state index in [0.717, 1.165) is 12.1 Å². The quantitative estimate of drug-likeness (QED) is 0.518. The molecule has 0 amide bonds. The second-order valence-electron chi connectivity index (χ2n) is 4.53. The van der Waals surface area contributed by atoms with Crippen LogP contribution in [0.1, 0.15) is 22.3 Å². The molecule has 0 aliphatic rings. The van der Waals surface area contributed by atoms with E-state index >= 15 is 0 Å². The highest BCUT2D eigenvalue weighted by Gasteiger charge is 2.61. The number of halogens is 6. The Morgan fingerprint density at radius 1 is 1.13 bits per heavy atom. The van der Waals surface area contributed by atoms with Gasteiger partial charge in [-0.05, 0) is 12.1 Å². The van der Waals surface area contributed by atoms with Gasteiger partial charge < -0.3 is 9.84 Å². The van der Waals surface area contributed by atoms with Crippen LogP contribution in [0.4, 0.5) is 26.3 Å². The second-order valence-corrected chi connectivity index (χ2v) is 4.53. The van der Waals surface area contributed by atoms with Crippen LogP contribution in [0.2, 0.25) is 0 Å². The van der Waals surface area contributed by atoms with Gasteiger partial charge in [-0.3, -0.25) is 4.79 Å². The lowest BCUT2D eigenvalue weighted by atomic mass is 9.92. The van der Waals surface area contributed by atoms with Gasteiger partial charge in [0.25, 0.3) is 5.60 Å². The summed E-state index contributed by atoms with van der Waals surface area (Å²) in [6.07, 6.45) is -12.2. The van der Waals surface area contributed by atoms with E-state index < -0.39 is 47.3 Å². The van der Waals surface area contributed by atoms with Crippen molar-refractivity contribution in [1.29, 1.82) is 0 Å². The molecule has 1 rings (SSSR count). The first kappa shape index (κ1) is 18.9. The Labute approximate surface area is 125 Å². The van der Waals surface area contributed by atoms with Crippen LogP contribution in [-0.4, -0.2) is 35.7 Å². The highest BCUT2D eigenvalue weighted by molar-refractivity contribution is 6.00. The van der Waals surface area contributed by atoms with Crippen molar-refractivity contribution >= 4 is 11.8 Å². The predicted octanol–water partition coefficient (Wildman–Crippen LogP) is 2.74. The summed E-state index contributed by atoms with van der Waals surface area (Å²) < 4.78 is 79.8. The number of rotatable bonds is 4. The van der Waals surface area contributed by atoms with Crippen molar-refractivity contribution in [3.05, 3.63) is 35.4 Å². The third-order valence-corrected chi connectivity index (χ3v) is 2.92. The number of ketones is 1. The molecule has 10 heteroatoms. The molecule has 0 aliphatic heterocycles. The van der Waals surface area contributed by atoms with E-state index in [1.54, 1.807) is 0 Å². The molecule has 0 saturated heterocycles. The van der Waals surface area contributed by atoms with E-state index in [2.05, 4.69) is 4.74 Å². The molecule has 0 aliphatic carbocycles. The van der Waals surface area contributed by atoms with Gasteiger partial charge in [0.15, 0.2) is 5.78 Å². The minimum Gasteiger partial charge on any atom is -0.467 e. The maximum absolute atomic E-state index is 12.8. The fraction of sp³-hybridized carbons (Fsp3) is 0.385. The number of carbonyl (C=O) groups is 2. The van der Waals surface area contributed by atoms with E-state index in [0.29, 0.717) is 19.2 Å². The van der Waals surface area contributed by atoms with Gasteiger partial charge in [0, 0.05) is 5.56 Å². The van der Waals surface area contributed by atoms with Crippen LogP contribution in [0.3, 0.4) is 0 Å². The van der Waals surface area contributed by atoms with Crippen molar-refractivity contribution in [3.8, 4) is 0 Å². The van der Waals surface area contributed by atoms with E-state index in [4.69, 9.17) is 0 Å². The Morgan fingerprint density at radius 3 is 2.13 bits per heavy atom. The molecular weight excluding hydrogens is 334 g/mol. The van der Waals surface area contributed by atoms with E-state index in [-0.39, 0.29) is 0 Å². The SMILES string of the molecule is COC(=O)[C@](O)(CC(=O)c1cccc(C(F)(F)F)c1)C(F)(F)F. The summed E-state index contributed by atoms with van der Waals surface area (Å²) in [5.41, 5.74) is -6.13. The molecule has 0 spiro atoms. The number of ether oxygens (including phenoxy) is 1. The fourth-order valence-electron chi connectivity index (χ4n) is 1.66. The lowest BCUT2D eigenvalue weighted by Crippen LogP contribution is -2.54. The molecule has 1 aromatic rings. The molecule has 23 heavy (non-hydrogen) atoms. The smallest absolute Gasteiger partial charge is 0.428 e. The summed E-state index contributed by atoms with van der Waals surface area (Å²) in [5, 5.41) is 9.43. The molecule has 0 heterocycles. The summed E-state index contributed by atoms with van der Waals surface area (Å²) >= 11 is 0. The Balaban J connectivity index is 3.17. The number of benzene rings is 1. The number of aliphatic hydroxyl groups is 1. The Hall–Kier alpha value is -2.10. The second kappa shape index (κ2) is 6.19. The highest BCUT2D eigenvalue weighted by atomic mass is 19.4. The van der Waals surface area contributed by atoms with Gasteiger partial charge in [-0.1, -0.05) is 12.1 Å². The van der Waals surface area contributed by atoms with E-state index in [1.807, 2.05) is 0 Å². The Kier molecular flexibility index (Phi) is 5.10. The Morgan fingerprint density at radius 2 is 1.70 bits per heavy atom. The zero-order chi connectivity index (χ0) is 18.1. The monoisotopic (exact) mass is 344 g/mol. The van der Waals surface area contributed by atoms with Gasteiger partial charge in [0.05, 0.1) is 19.1 Å². The summed E-state index contributed by atoms with van der Waals surface area (Å²) in [6, 6.07) is 2.61. The van der Waals surface area contributed by atoms with Crippen LogP contribution in [0.5, 0.6) is 0 Å². The molecule has 0 unspecified atom stereocenters. The summed E-state index contributed by atoms with van der Waals surface area (Å²) in [4.78, 5) is 22.9. The molecule has 0 saturated carbocycles. The first-order chi connectivity index (χ1) is 10.3. The molecule has 0 aromatic heterocycles. The maximum Gasteiger partial charge on any atom is 0.428 e. The maximum atomic E-state index is 12.8. The largest absolute Gasteiger partial charge is 0.467 e. The number of hydrogen-bond acceptors (Lipinski definition) is 4. The topological polar surface area (TPSA) is 63.6 Å². The van der Waals surface area contributed by atoms with Crippen LogP contribution in [0.25, 0.3) is 0 Å². The van der Waals surface area contributed by atoms with Crippen molar-refractivity contribution < 1.29 is 45.8 Å². The fourth-order valence-corrected chi connectivity index (χ4v) is 1.66. The standard InChI is InChI=1S/C13H10F6O4/c1-23-10(21)11(22,13(17,18)19)6-9(20)7-3-2-4-8(5-7)12(14,15)16/h2-5,22H,6H2,1H3/t11-/m1/s1. The molecular formula is C13H10F6O4. The summed E-state index contributed by atoms with van der Waals surface area (Å²) in [6.45, 7) is 0. The van der Waals surface area contributed by atoms with Gasteiger partial charge in [0.2, 0.25) is 0 Å². The van der Waals surface area contributed by atoms with Crippen molar-refractivity contribution in [1.82, 2.24) is 0 Å². The first-order valence-electron chi connectivity index (χ1n) is 5.91. The van der Waals surface area contributed by atoms with Crippen LogP contribution < -0.4 is 0 Å².